The average molecular weight is 504 g/mol. The number of benzene rings is 5. The molecular weight excluding hydrogens is 470 g/mol. The van der Waals surface area contributed by atoms with E-state index in [4.69, 9.17) is 0 Å². The number of hydrogen-bond donors (Lipinski definition) is 1. The summed E-state index contributed by atoms with van der Waals surface area (Å²) in [5, 5.41) is 3.43. The second-order valence-electron chi connectivity index (χ2n) is 10.2. The summed E-state index contributed by atoms with van der Waals surface area (Å²) in [5.41, 5.74) is 11.2. The summed E-state index contributed by atoms with van der Waals surface area (Å²) in [6.07, 6.45) is 8.62. The summed E-state index contributed by atoms with van der Waals surface area (Å²) in [4.78, 5) is 0. The Hall–Kier alpha value is -4.62. The predicted molar refractivity (Wildman–Crippen MR) is 166 cm³/mol. The van der Waals surface area contributed by atoms with Gasteiger partial charge in [0, 0.05) is 18.2 Å². The molecule has 0 fully saturated rings. The Labute approximate surface area is 232 Å². The van der Waals surface area contributed by atoms with Gasteiger partial charge in [-0.05, 0) is 69.5 Å². The lowest BCUT2D eigenvalue weighted by Gasteiger charge is -2.38. The van der Waals surface area contributed by atoms with Crippen molar-refractivity contribution in [3.8, 4) is 11.1 Å². The van der Waals surface area contributed by atoms with Crippen LogP contribution in [0.1, 0.15) is 34.2 Å². The number of rotatable bonds is 5. The summed E-state index contributed by atoms with van der Waals surface area (Å²) in [5.74, 6) is 0. The lowest BCUT2D eigenvalue weighted by molar-refractivity contribution is 0.624. The monoisotopic (exact) mass is 503 g/mol. The molecule has 39 heavy (non-hydrogen) atoms. The minimum absolute atomic E-state index is 0.383. The van der Waals surface area contributed by atoms with Crippen molar-refractivity contribution in [3.63, 3.8) is 0 Å². The first-order valence-corrected chi connectivity index (χ1v) is 13.7. The van der Waals surface area contributed by atoms with Gasteiger partial charge in [0.25, 0.3) is 0 Å². The number of hydrogen-bond acceptors (Lipinski definition) is 1. The van der Waals surface area contributed by atoms with Gasteiger partial charge in [0.1, 0.15) is 0 Å². The summed E-state index contributed by atoms with van der Waals surface area (Å²) in [6, 6.07) is 48.5. The third kappa shape index (κ3) is 4.73. The summed E-state index contributed by atoms with van der Waals surface area (Å²) >= 11 is 0. The third-order valence-electron chi connectivity index (χ3n) is 7.98. The molecule has 0 saturated heterocycles. The van der Waals surface area contributed by atoms with E-state index >= 15 is 0 Å². The quantitative estimate of drug-likeness (QED) is 0.252. The molecule has 0 bridgehead atoms. The van der Waals surface area contributed by atoms with E-state index in [0.29, 0.717) is 0 Å². The van der Waals surface area contributed by atoms with Gasteiger partial charge in [-0.3, -0.25) is 0 Å². The number of fused-ring (bicyclic) bond motifs is 1. The Morgan fingerprint density at radius 2 is 1.26 bits per heavy atom. The van der Waals surface area contributed by atoms with Gasteiger partial charge in [-0.2, -0.15) is 0 Å². The van der Waals surface area contributed by atoms with Crippen molar-refractivity contribution in [2.45, 2.75) is 18.3 Å². The van der Waals surface area contributed by atoms with Gasteiger partial charge in [0.15, 0.2) is 0 Å². The molecular formula is C38H33N. The maximum absolute atomic E-state index is 3.43. The minimum Gasteiger partial charge on any atom is -0.388 e. The molecule has 0 heterocycles. The molecule has 6 rings (SSSR count). The molecule has 190 valence electrons. The van der Waals surface area contributed by atoms with Crippen molar-refractivity contribution in [2.24, 2.45) is 0 Å². The van der Waals surface area contributed by atoms with E-state index in [9.17, 15) is 0 Å². The van der Waals surface area contributed by atoms with Crippen LogP contribution in [0.3, 0.4) is 0 Å². The molecule has 0 aromatic heterocycles. The molecule has 5 aromatic rings. The molecule has 5 aromatic carbocycles. The first kappa shape index (κ1) is 24.7. The molecule has 1 nitrogen and oxygen atoms in total. The highest BCUT2D eigenvalue weighted by Gasteiger charge is 2.39. The average Bonchev–Trinajstić information content (AvgIpc) is 3.10. The van der Waals surface area contributed by atoms with Crippen LogP contribution in [-0.2, 0) is 11.8 Å². The van der Waals surface area contributed by atoms with E-state index in [1.165, 1.54) is 44.5 Å². The molecule has 0 radical (unpaired) electrons. The van der Waals surface area contributed by atoms with Crippen molar-refractivity contribution in [3.05, 3.63) is 180 Å². The Balaban J connectivity index is 1.67. The van der Waals surface area contributed by atoms with Crippen molar-refractivity contribution in [1.29, 1.82) is 0 Å². The van der Waals surface area contributed by atoms with Crippen LogP contribution in [0.25, 0.3) is 16.7 Å². The standard InChI is InChI=1S/C38H33N/c1-39-34-25-24-32-27-31(29-15-5-2-6-16-29)19-13-14-26-38(37(32)28-34,33-20-9-4-10-21-33)36-23-12-11-22-35(36)30-17-7-3-8-18-30/h2-25,28,39H,26-27H2,1H3/b14-13-,31-19+. The smallest absolute Gasteiger partial charge is 0.0495 e. The van der Waals surface area contributed by atoms with Crippen LogP contribution in [0.4, 0.5) is 5.69 Å². The molecule has 0 saturated carbocycles. The topological polar surface area (TPSA) is 12.0 Å². The van der Waals surface area contributed by atoms with E-state index in [0.717, 1.165) is 18.5 Å². The van der Waals surface area contributed by atoms with Crippen LogP contribution < -0.4 is 5.32 Å². The Bertz CT molecular complexity index is 1610. The zero-order valence-electron chi connectivity index (χ0n) is 22.3. The van der Waals surface area contributed by atoms with Crippen LogP contribution in [0, 0.1) is 0 Å². The lowest BCUT2D eigenvalue weighted by atomic mass is 9.64. The first-order valence-electron chi connectivity index (χ1n) is 13.7. The Morgan fingerprint density at radius 3 is 1.97 bits per heavy atom. The predicted octanol–water partition coefficient (Wildman–Crippen LogP) is 9.32. The molecule has 1 unspecified atom stereocenters. The summed E-state index contributed by atoms with van der Waals surface area (Å²) < 4.78 is 0. The molecule has 0 spiro atoms. The van der Waals surface area contributed by atoms with E-state index in [-0.39, 0.29) is 5.41 Å². The van der Waals surface area contributed by atoms with E-state index in [1.807, 2.05) is 7.05 Å². The van der Waals surface area contributed by atoms with Crippen molar-refractivity contribution in [1.82, 2.24) is 0 Å². The van der Waals surface area contributed by atoms with Crippen molar-refractivity contribution < 1.29 is 0 Å². The van der Waals surface area contributed by atoms with Crippen LogP contribution in [0.5, 0.6) is 0 Å². The molecule has 0 aliphatic heterocycles. The van der Waals surface area contributed by atoms with Gasteiger partial charge in [0.2, 0.25) is 0 Å². The Morgan fingerprint density at radius 1 is 0.615 bits per heavy atom. The zero-order chi connectivity index (χ0) is 26.5. The molecule has 1 aliphatic carbocycles. The summed E-state index contributed by atoms with van der Waals surface area (Å²) in [7, 11) is 2.01. The van der Waals surface area contributed by atoms with Crippen LogP contribution in [0.2, 0.25) is 0 Å². The van der Waals surface area contributed by atoms with Gasteiger partial charge >= 0.3 is 0 Å². The largest absolute Gasteiger partial charge is 0.388 e. The van der Waals surface area contributed by atoms with E-state index in [2.05, 4.69) is 157 Å². The van der Waals surface area contributed by atoms with Crippen LogP contribution in [-0.4, -0.2) is 7.05 Å². The fourth-order valence-electron chi connectivity index (χ4n) is 6.07. The van der Waals surface area contributed by atoms with Gasteiger partial charge in [-0.15, -0.1) is 0 Å². The molecule has 1 atom stereocenters. The van der Waals surface area contributed by atoms with Crippen molar-refractivity contribution >= 4 is 11.3 Å². The van der Waals surface area contributed by atoms with Crippen LogP contribution >= 0.6 is 0 Å². The summed E-state index contributed by atoms with van der Waals surface area (Å²) in [6.45, 7) is 0. The Kier molecular flexibility index (Phi) is 6.97. The van der Waals surface area contributed by atoms with Gasteiger partial charge in [0.05, 0.1) is 0 Å². The fourth-order valence-corrected chi connectivity index (χ4v) is 6.07. The fraction of sp³-hybridized carbons (Fsp3) is 0.105. The van der Waals surface area contributed by atoms with Gasteiger partial charge in [-0.25, -0.2) is 0 Å². The van der Waals surface area contributed by atoms with E-state index < -0.39 is 0 Å². The maximum Gasteiger partial charge on any atom is 0.0495 e. The molecule has 0 amide bonds. The highest BCUT2D eigenvalue weighted by Crippen LogP contribution is 2.49. The second-order valence-corrected chi connectivity index (χ2v) is 10.2. The normalized spacial score (nSPS) is 18.9. The second kappa shape index (κ2) is 11.0. The molecule has 1 aliphatic rings. The third-order valence-corrected chi connectivity index (χ3v) is 7.98. The highest BCUT2D eigenvalue weighted by molar-refractivity contribution is 5.75. The van der Waals surface area contributed by atoms with Crippen molar-refractivity contribution in [2.75, 3.05) is 12.4 Å². The SMILES string of the molecule is CNc1ccc2c(c1)C(c1ccccc1)(c1ccccc1-c1ccccc1)C/C=C\C=C(\c1ccccc1)C2. The number of anilines is 1. The van der Waals surface area contributed by atoms with Gasteiger partial charge in [-0.1, -0.05) is 140 Å². The van der Waals surface area contributed by atoms with Gasteiger partial charge < -0.3 is 5.32 Å². The molecule has 1 N–H and O–H groups in total. The van der Waals surface area contributed by atoms with Crippen LogP contribution in [0.15, 0.2) is 152 Å². The number of allylic oxidation sites excluding steroid dienone is 4. The highest BCUT2D eigenvalue weighted by atomic mass is 14.8. The number of nitrogens with one attached hydrogen (secondary N) is 1. The zero-order valence-corrected chi connectivity index (χ0v) is 22.3. The first-order chi connectivity index (χ1) is 19.3. The lowest BCUT2D eigenvalue weighted by Crippen LogP contribution is -2.31. The molecule has 1 heteroatoms. The van der Waals surface area contributed by atoms with E-state index in [1.54, 1.807) is 0 Å². The maximum atomic E-state index is 3.43. The minimum atomic E-state index is -0.383.